The number of rotatable bonds is 6. The Bertz CT molecular complexity index is 636. The molecule has 1 fully saturated rings. The van der Waals surface area contributed by atoms with Gasteiger partial charge in [0.25, 0.3) is 0 Å². The number of hydrogen-bond donors (Lipinski definition) is 2. The van der Waals surface area contributed by atoms with Crippen LogP contribution in [0.1, 0.15) is 30.9 Å². The summed E-state index contributed by atoms with van der Waals surface area (Å²) < 4.78 is 14.3. The van der Waals surface area contributed by atoms with Crippen LogP contribution in [-0.2, 0) is 12.1 Å². The van der Waals surface area contributed by atoms with Gasteiger partial charge in [0.15, 0.2) is 0 Å². The Morgan fingerprint density at radius 1 is 1.30 bits per heavy atom. The van der Waals surface area contributed by atoms with Gasteiger partial charge < -0.3 is 15.3 Å². The van der Waals surface area contributed by atoms with E-state index >= 15 is 0 Å². The minimum atomic E-state index is -0.945. The van der Waals surface area contributed by atoms with Crippen molar-refractivity contribution in [3.8, 4) is 0 Å². The van der Waals surface area contributed by atoms with Gasteiger partial charge >= 0.3 is 0 Å². The van der Waals surface area contributed by atoms with E-state index in [2.05, 4.69) is 10.2 Å². The molecule has 0 radical (unpaired) electrons. The highest BCUT2D eigenvalue weighted by atomic mass is 32.1. The van der Waals surface area contributed by atoms with Crippen LogP contribution < -0.4 is 10.2 Å². The first-order valence-electron chi connectivity index (χ1n) is 8.06. The average Bonchev–Trinajstić information content (AvgIpc) is 3.22. The third-order valence-corrected chi connectivity index (χ3v) is 5.14. The van der Waals surface area contributed by atoms with Gasteiger partial charge in [-0.1, -0.05) is 6.07 Å². The van der Waals surface area contributed by atoms with E-state index in [0.29, 0.717) is 18.7 Å². The highest BCUT2D eigenvalue weighted by Crippen LogP contribution is 2.27. The molecule has 1 aromatic carbocycles. The maximum atomic E-state index is 14.3. The molecule has 3 nitrogen and oxygen atoms in total. The summed E-state index contributed by atoms with van der Waals surface area (Å²) in [4.78, 5) is 2.25. The van der Waals surface area contributed by atoms with E-state index in [0.717, 1.165) is 37.2 Å². The minimum absolute atomic E-state index is 0.183. The SMILES string of the molecule is CC(O)(CNCc1c(F)cccc1N1CCCC1)c1ccsc1. The Morgan fingerprint density at radius 3 is 2.78 bits per heavy atom. The fourth-order valence-corrected chi connectivity index (χ4v) is 3.86. The molecule has 1 unspecified atom stereocenters. The van der Waals surface area contributed by atoms with Crippen molar-refractivity contribution in [1.29, 1.82) is 0 Å². The lowest BCUT2D eigenvalue weighted by atomic mass is 9.99. The topological polar surface area (TPSA) is 35.5 Å². The summed E-state index contributed by atoms with van der Waals surface area (Å²) in [7, 11) is 0. The highest BCUT2D eigenvalue weighted by molar-refractivity contribution is 7.08. The molecule has 1 atom stereocenters. The van der Waals surface area contributed by atoms with E-state index in [1.54, 1.807) is 24.3 Å². The number of anilines is 1. The first-order chi connectivity index (χ1) is 11.1. The summed E-state index contributed by atoms with van der Waals surface area (Å²) in [6.07, 6.45) is 2.33. The third-order valence-electron chi connectivity index (χ3n) is 4.45. The first-order valence-corrected chi connectivity index (χ1v) is 9.00. The lowest BCUT2D eigenvalue weighted by Gasteiger charge is -2.25. The fourth-order valence-electron chi connectivity index (χ4n) is 3.08. The molecule has 2 N–H and O–H groups in total. The van der Waals surface area contributed by atoms with Gasteiger partial charge in [0, 0.05) is 37.4 Å². The molecule has 0 aliphatic carbocycles. The lowest BCUT2D eigenvalue weighted by Crippen LogP contribution is -2.35. The second kappa shape index (κ2) is 6.99. The van der Waals surface area contributed by atoms with Crippen molar-refractivity contribution in [1.82, 2.24) is 5.32 Å². The quantitative estimate of drug-likeness (QED) is 0.849. The number of aliphatic hydroxyl groups is 1. The first kappa shape index (κ1) is 16.4. The Morgan fingerprint density at radius 2 is 2.09 bits per heavy atom. The molecule has 23 heavy (non-hydrogen) atoms. The number of nitrogens with zero attached hydrogens (tertiary/aromatic N) is 1. The molecule has 3 rings (SSSR count). The van der Waals surface area contributed by atoms with Crippen LogP contribution in [0.2, 0.25) is 0 Å². The van der Waals surface area contributed by atoms with Crippen LogP contribution in [0.3, 0.4) is 0 Å². The van der Waals surface area contributed by atoms with Crippen LogP contribution >= 0.6 is 11.3 Å². The smallest absolute Gasteiger partial charge is 0.129 e. The van der Waals surface area contributed by atoms with E-state index in [1.165, 1.54) is 6.07 Å². The number of halogens is 1. The molecule has 1 aromatic heterocycles. The largest absolute Gasteiger partial charge is 0.384 e. The zero-order valence-corrected chi connectivity index (χ0v) is 14.2. The normalized spacial score (nSPS) is 17.4. The van der Waals surface area contributed by atoms with Crippen molar-refractivity contribution in [2.75, 3.05) is 24.5 Å². The predicted octanol–water partition coefficient (Wildman–Crippen LogP) is 3.48. The van der Waals surface area contributed by atoms with E-state index in [9.17, 15) is 9.50 Å². The lowest BCUT2D eigenvalue weighted by molar-refractivity contribution is 0.0570. The van der Waals surface area contributed by atoms with E-state index in [4.69, 9.17) is 0 Å². The summed E-state index contributed by atoms with van der Waals surface area (Å²) in [5, 5.41) is 17.7. The van der Waals surface area contributed by atoms with E-state index in [1.807, 2.05) is 22.9 Å². The zero-order chi connectivity index (χ0) is 16.3. The molecule has 0 saturated carbocycles. The Balaban J connectivity index is 1.68. The van der Waals surface area contributed by atoms with E-state index in [-0.39, 0.29) is 5.82 Å². The predicted molar refractivity (Wildman–Crippen MR) is 93.4 cm³/mol. The number of nitrogens with one attached hydrogen (secondary N) is 1. The summed E-state index contributed by atoms with van der Waals surface area (Å²) in [5.41, 5.74) is 1.61. The molecule has 1 aliphatic heterocycles. The second-order valence-corrected chi connectivity index (χ2v) is 7.10. The number of hydrogen-bond acceptors (Lipinski definition) is 4. The van der Waals surface area contributed by atoms with Crippen molar-refractivity contribution >= 4 is 17.0 Å². The summed E-state index contributed by atoms with van der Waals surface area (Å²) >= 11 is 1.56. The van der Waals surface area contributed by atoms with Crippen LogP contribution in [-0.4, -0.2) is 24.7 Å². The molecule has 0 amide bonds. The molecular weight excluding hydrogens is 311 g/mol. The molecule has 0 bridgehead atoms. The molecule has 2 heterocycles. The average molecular weight is 334 g/mol. The van der Waals surface area contributed by atoms with Crippen LogP contribution in [0.25, 0.3) is 0 Å². The molecule has 1 saturated heterocycles. The highest BCUT2D eigenvalue weighted by Gasteiger charge is 2.24. The van der Waals surface area contributed by atoms with Crippen molar-refractivity contribution in [3.63, 3.8) is 0 Å². The molecular formula is C18H23FN2OS. The maximum Gasteiger partial charge on any atom is 0.129 e. The summed E-state index contributed by atoms with van der Waals surface area (Å²) in [6.45, 7) is 4.56. The van der Waals surface area contributed by atoms with E-state index < -0.39 is 5.60 Å². The molecule has 0 spiro atoms. The fraction of sp³-hybridized carbons (Fsp3) is 0.444. The Kier molecular flexibility index (Phi) is 4.99. The van der Waals surface area contributed by atoms with Crippen molar-refractivity contribution < 1.29 is 9.50 Å². The van der Waals surface area contributed by atoms with Crippen molar-refractivity contribution in [3.05, 3.63) is 52.0 Å². The zero-order valence-electron chi connectivity index (χ0n) is 13.4. The number of thiophene rings is 1. The molecule has 5 heteroatoms. The van der Waals surface area contributed by atoms with Gasteiger partial charge in [-0.25, -0.2) is 4.39 Å². The van der Waals surface area contributed by atoms with Gasteiger partial charge in [-0.3, -0.25) is 0 Å². The summed E-state index contributed by atoms with van der Waals surface area (Å²) in [5.74, 6) is -0.183. The van der Waals surface area contributed by atoms with Crippen LogP contribution in [0.15, 0.2) is 35.0 Å². The monoisotopic (exact) mass is 334 g/mol. The number of benzene rings is 1. The molecule has 1 aliphatic rings. The Labute approximate surface area is 140 Å². The molecule has 124 valence electrons. The van der Waals surface area contributed by atoms with Crippen LogP contribution in [0.5, 0.6) is 0 Å². The Hall–Kier alpha value is -1.43. The minimum Gasteiger partial charge on any atom is -0.384 e. The van der Waals surface area contributed by atoms with Gasteiger partial charge in [-0.2, -0.15) is 11.3 Å². The van der Waals surface area contributed by atoms with Gasteiger partial charge in [0.2, 0.25) is 0 Å². The van der Waals surface area contributed by atoms with Crippen LogP contribution in [0, 0.1) is 5.82 Å². The van der Waals surface area contributed by atoms with Gasteiger partial charge in [0.05, 0.1) is 5.60 Å². The third kappa shape index (κ3) is 3.74. The maximum absolute atomic E-state index is 14.3. The van der Waals surface area contributed by atoms with Crippen molar-refractivity contribution in [2.45, 2.75) is 31.9 Å². The second-order valence-electron chi connectivity index (χ2n) is 6.32. The van der Waals surface area contributed by atoms with Gasteiger partial charge in [-0.05, 0) is 54.3 Å². The van der Waals surface area contributed by atoms with Gasteiger partial charge in [0.1, 0.15) is 5.82 Å². The molecule has 2 aromatic rings. The van der Waals surface area contributed by atoms with Gasteiger partial charge in [-0.15, -0.1) is 0 Å². The van der Waals surface area contributed by atoms with Crippen molar-refractivity contribution in [2.24, 2.45) is 0 Å². The summed E-state index contributed by atoms with van der Waals surface area (Å²) in [6, 6.07) is 7.19. The standard InChI is InChI=1S/C18H23FN2OS/c1-18(22,14-7-10-23-12-14)13-20-11-15-16(19)5-4-6-17(15)21-8-2-3-9-21/h4-7,10,12,20,22H,2-3,8-9,11,13H2,1H3. The van der Waals surface area contributed by atoms with Crippen LogP contribution in [0.4, 0.5) is 10.1 Å².